The van der Waals surface area contributed by atoms with E-state index in [0.717, 1.165) is 22.2 Å². The van der Waals surface area contributed by atoms with Crippen molar-refractivity contribution in [2.45, 2.75) is 25.1 Å². The first-order valence-electron chi connectivity index (χ1n) is 5.13. The minimum absolute atomic E-state index is 0.0278. The maximum atomic E-state index is 11.5. The molecule has 16 heavy (non-hydrogen) atoms. The van der Waals surface area contributed by atoms with Crippen LogP contribution in [0.1, 0.15) is 24.9 Å². The fraction of sp³-hybridized carbons (Fsp3) is 0.364. The van der Waals surface area contributed by atoms with Crippen LogP contribution in [0, 0.1) is 0 Å². The lowest BCUT2D eigenvalue weighted by Crippen LogP contribution is -2.62. The monoisotopic (exact) mass is 282 g/mol. The van der Waals surface area contributed by atoms with Crippen molar-refractivity contribution in [3.63, 3.8) is 0 Å². The number of amides is 2. The van der Waals surface area contributed by atoms with E-state index in [4.69, 9.17) is 4.74 Å². The number of halogens is 1. The van der Waals surface area contributed by atoms with Gasteiger partial charge in [0.1, 0.15) is 5.75 Å². The third-order valence-electron chi connectivity index (χ3n) is 2.96. The Balaban J connectivity index is 2.10. The fourth-order valence-corrected chi connectivity index (χ4v) is 2.69. The number of benzene rings is 1. The molecule has 2 atom stereocenters. The Labute approximate surface area is 101 Å². The molecule has 1 fully saturated rings. The molecule has 0 radical (unpaired) electrons. The Bertz CT molecular complexity index is 477. The van der Waals surface area contributed by atoms with Gasteiger partial charge in [-0.2, -0.15) is 0 Å². The van der Waals surface area contributed by atoms with Crippen LogP contribution < -0.4 is 15.4 Å². The van der Waals surface area contributed by atoms with Crippen LogP contribution in [0.25, 0.3) is 0 Å². The Morgan fingerprint density at radius 2 is 2.38 bits per heavy atom. The molecule has 1 aromatic rings. The molecule has 3 rings (SSSR count). The zero-order valence-electron chi connectivity index (χ0n) is 8.71. The summed E-state index contributed by atoms with van der Waals surface area (Å²) in [7, 11) is 0. The molecule has 1 saturated heterocycles. The predicted octanol–water partition coefficient (Wildman–Crippen LogP) is 2.30. The summed E-state index contributed by atoms with van der Waals surface area (Å²) in [4.78, 5) is 11.5. The highest BCUT2D eigenvalue weighted by Crippen LogP contribution is 2.41. The number of nitrogens with one attached hydrogen (secondary N) is 2. The largest absolute Gasteiger partial charge is 0.468 e. The molecule has 2 N–H and O–H groups in total. The van der Waals surface area contributed by atoms with Crippen molar-refractivity contribution >= 4 is 22.0 Å². The molecular formula is C11H11BrN2O2. The third-order valence-corrected chi connectivity index (χ3v) is 3.45. The number of hydrogen-bond acceptors (Lipinski definition) is 2. The average Bonchev–Trinajstić information content (AvgIpc) is 2.17. The molecule has 1 aromatic carbocycles. The molecule has 2 aliphatic heterocycles. The highest BCUT2D eigenvalue weighted by molar-refractivity contribution is 9.10. The molecule has 2 amide bonds. The minimum Gasteiger partial charge on any atom is -0.468 e. The lowest BCUT2D eigenvalue weighted by molar-refractivity contribution is 0.0119. The Hall–Kier alpha value is -1.23. The molecule has 2 heterocycles. The summed E-state index contributed by atoms with van der Waals surface area (Å²) >= 11 is 3.42. The van der Waals surface area contributed by atoms with Gasteiger partial charge in [-0.15, -0.1) is 0 Å². The topological polar surface area (TPSA) is 50.4 Å². The molecule has 5 heteroatoms. The van der Waals surface area contributed by atoms with Gasteiger partial charge in [0, 0.05) is 16.5 Å². The summed E-state index contributed by atoms with van der Waals surface area (Å²) < 4.78 is 6.81. The third kappa shape index (κ3) is 1.46. The van der Waals surface area contributed by atoms with Gasteiger partial charge in [0.05, 0.1) is 6.04 Å². The van der Waals surface area contributed by atoms with Crippen molar-refractivity contribution in [3.8, 4) is 5.75 Å². The van der Waals surface area contributed by atoms with E-state index >= 15 is 0 Å². The van der Waals surface area contributed by atoms with Crippen LogP contribution in [0.15, 0.2) is 22.7 Å². The molecule has 0 spiro atoms. The van der Waals surface area contributed by atoms with Gasteiger partial charge in [-0.1, -0.05) is 15.9 Å². The maximum absolute atomic E-state index is 11.5. The van der Waals surface area contributed by atoms with Crippen molar-refractivity contribution in [1.82, 2.24) is 10.6 Å². The van der Waals surface area contributed by atoms with Gasteiger partial charge in [0.25, 0.3) is 0 Å². The lowest BCUT2D eigenvalue weighted by atomic mass is 9.92. The van der Waals surface area contributed by atoms with Crippen molar-refractivity contribution in [1.29, 1.82) is 0 Å². The van der Waals surface area contributed by atoms with Crippen LogP contribution in [0.2, 0.25) is 0 Å². The van der Waals surface area contributed by atoms with Crippen LogP contribution in [-0.4, -0.2) is 11.8 Å². The number of hydrogen-bond donors (Lipinski definition) is 2. The van der Waals surface area contributed by atoms with Crippen molar-refractivity contribution in [2.24, 2.45) is 0 Å². The molecule has 84 valence electrons. The first-order chi connectivity index (χ1) is 7.56. The zero-order valence-corrected chi connectivity index (χ0v) is 10.3. The smallest absolute Gasteiger partial charge is 0.318 e. The van der Waals surface area contributed by atoms with Crippen LogP contribution >= 0.6 is 15.9 Å². The highest BCUT2D eigenvalue weighted by Gasteiger charge is 2.43. The number of rotatable bonds is 0. The number of ether oxygens (including phenoxy) is 1. The van der Waals surface area contributed by atoms with Gasteiger partial charge in [-0.05, 0) is 25.1 Å². The first kappa shape index (κ1) is 9.96. The standard InChI is InChI=1S/C11H11BrN2O2/c1-11-5-8(13-10(15)14-11)7-4-6(12)2-3-9(7)16-11/h2-4,8H,5H2,1H3,(H2,13,14,15). The molecule has 0 saturated carbocycles. The van der Waals surface area contributed by atoms with Crippen LogP contribution in [-0.2, 0) is 0 Å². The summed E-state index contributed by atoms with van der Waals surface area (Å²) in [6.45, 7) is 1.89. The van der Waals surface area contributed by atoms with E-state index in [-0.39, 0.29) is 12.1 Å². The Morgan fingerprint density at radius 1 is 1.56 bits per heavy atom. The number of urea groups is 1. The van der Waals surface area contributed by atoms with E-state index in [1.807, 2.05) is 25.1 Å². The van der Waals surface area contributed by atoms with Crippen LogP contribution in [0.3, 0.4) is 0 Å². The minimum atomic E-state index is -0.589. The molecule has 4 nitrogen and oxygen atoms in total. The van der Waals surface area contributed by atoms with Gasteiger partial charge in [-0.3, -0.25) is 0 Å². The zero-order chi connectivity index (χ0) is 11.3. The van der Waals surface area contributed by atoms with Gasteiger partial charge < -0.3 is 15.4 Å². The fourth-order valence-electron chi connectivity index (χ4n) is 2.31. The van der Waals surface area contributed by atoms with E-state index in [2.05, 4.69) is 26.6 Å². The summed E-state index contributed by atoms with van der Waals surface area (Å²) in [5.41, 5.74) is 0.440. The number of carbonyl (C=O) groups is 1. The summed E-state index contributed by atoms with van der Waals surface area (Å²) in [5, 5.41) is 5.70. The van der Waals surface area contributed by atoms with Crippen molar-refractivity contribution in [2.75, 3.05) is 0 Å². The van der Waals surface area contributed by atoms with E-state index < -0.39 is 5.72 Å². The van der Waals surface area contributed by atoms with Gasteiger partial charge >= 0.3 is 6.03 Å². The van der Waals surface area contributed by atoms with E-state index in [1.165, 1.54) is 0 Å². The Kier molecular flexibility index (Phi) is 1.95. The predicted molar refractivity (Wildman–Crippen MR) is 62.2 cm³/mol. The second-order valence-corrected chi connectivity index (χ2v) is 5.29. The second-order valence-electron chi connectivity index (χ2n) is 4.37. The van der Waals surface area contributed by atoms with Gasteiger partial charge in [-0.25, -0.2) is 4.79 Å². The summed E-state index contributed by atoms with van der Waals surface area (Å²) in [6, 6.07) is 5.70. The van der Waals surface area contributed by atoms with Gasteiger partial charge in [0.2, 0.25) is 0 Å². The van der Waals surface area contributed by atoms with Crippen molar-refractivity contribution < 1.29 is 9.53 Å². The Morgan fingerprint density at radius 3 is 3.19 bits per heavy atom. The average molecular weight is 283 g/mol. The van der Waals surface area contributed by atoms with Gasteiger partial charge in [0.15, 0.2) is 5.72 Å². The molecule has 0 aromatic heterocycles. The number of fused-ring (bicyclic) bond motifs is 4. The summed E-state index contributed by atoms with van der Waals surface area (Å²) in [5.74, 6) is 0.828. The molecule has 0 aliphatic carbocycles. The molecule has 2 unspecified atom stereocenters. The normalized spacial score (nSPS) is 30.9. The van der Waals surface area contributed by atoms with Crippen molar-refractivity contribution in [3.05, 3.63) is 28.2 Å². The lowest BCUT2D eigenvalue weighted by Gasteiger charge is -2.44. The highest BCUT2D eigenvalue weighted by atomic mass is 79.9. The molecule has 2 bridgehead atoms. The molecular weight excluding hydrogens is 272 g/mol. The summed E-state index contributed by atoms with van der Waals surface area (Å²) in [6.07, 6.45) is 0.738. The quantitative estimate of drug-likeness (QED) is 0.767. The maximum Gasteiger partial charge on any atom is 0.318 e. The van der Waals surface area contributed by atoms with E-state index in [0.29, 0.717) is 0 Å². The van der Waals surface area contributed by atoms with E-state index in [1.54, 1.807) is 0 Å². The van der Waals surface area contributed by atoms with E-state index in [9.17, 15) is 4.79 Å². The second kappa shape index (κ2) is 3.13. The SMILES string of the molecule is CC12CC(NC(=O)N1)c1cc(Br)ccc1O2. The number of carbonyl (C=O) groups excluding carboxylic acids is 1. The molecule has 2 aliphatic rings. The van der Waals surface area contributed by atoms with Crippen LogP contribution in [0.4, 0.5) is 4.79 Å². The first-order valence-corrected chi connectivity index (χ1v) is 5.92. The van der Waals surface area contributed by atoms with Crippen LogP contribution in [0.5, 0.6) is 5.75 Å².